The van der Waals surface area contributed by atoms with Gasteiger partial charge in [0.25, 0.3) is 0 Å². The summed E-state index contributed by atoms with van der Waals surface area (Å²) < 4.78 is 11.5. The molecule has 17 heavy (non-hydrogen) atoms. The summed E-state index contributed by atoms with van der Waals surface area (Å²) in [6.45, 7) is 2.10. The van der Waals surface area contributed by atoms with Crippen LogP contribution in [-0.4, -0.2) is 20.3 Å². The van der Waals surface area contributed by atoms with Crippen LogP contribution in [-0.2, 0) is 6.42 Å². The number of benzene rings is 1. The Kier molecular flexibility index (Phi) is 5.78. The van der Waals surface area contributed by atoms with E-state index in [9.17, 15) is 0 Å². The highest BCUT2D eigenvalue weighted by atomic mass is 79.9. The van der Waals surface area contributed by atoms with Crippen molar-refractivity contribution in [3.05, 3.63) is 22.2 Å². The SMILES string of the molecule is CCC(N)CCc1ccc(OC)c(Br)c1OC. The second-order valence-corrected chi connectivity index (χ2v) is 4.77. The molecule has 1 aromatic carbocycles. The van der Waals surface area contributed by atoms with Gasteiger partial charge in [0.05, 0.1) is 14.2 Å². The van der Waals surface area contributed by atoms with Crippen LogP contribution in [0.1, 0.15) is 25.3 Å². The second kappa shape index (κ2) is 6.87. The molecule has 0 aromatic heterocycles. The molecule has 0 aliphatic rings. The van der Waals surface area contributed by atoms with E-state index in [2.05, 4.69) is 22.9 Å². The molecule has 0 aliphatic carbocycles. The minimum atomic E-state index is 0.251. The van der Waals surface area contributed by atoms with Gasteiger partial charge in [0, 0.05) is 6.04 Å². The zero-order valence-electron chi connectivity index (χ0n) is 10.6. The first-order chi connectivity index (χ1) is 8.13. The lowest BCUT2D eigenvalue weighted by molar-refractivity contribution is 0.385. The molecule has 96 valence electrons. The van der Waals surface area contributed by atoms with Gasteiger partial charge in [-0.05, 0) is 46.8 Å². The molecule has 0 saturated heterocycles. The van der Waals surface area contributed by atoms with E-state index in [4.69, 9.17) is 15.2 Å². The average molecular weight is 302 g/mol. The first-order valence-corrected chi connectivity index (χ1v) is 6.58. The molecule has 3 nitrogen and oxygen atoms in total. The lowest BCUT2D eigenvalue weighted by atomic mass is 10.0. The van der Waals surface area contributed by atoms with Gasteiger partial charge < -0.3 is 15.2 Å². The zero-order valence-corrected chi connectivity index (χ0v) is 12.2. The van der Waals surface area contributed by atoms with Crippen LogP contribution < -0.4 is 15.2 Å². The van der Waals surface area contributed by atoms with E-state index in [-0.39, 0.29) is 6.04 Å². The number of hydrogen-bond acceptors (Lipinski definition) is 3. The lowest BCUT2D eigenvalue weighted by Crippen LogP contribution is -2.19. The van der Waals surface area contributed by atoms with Crippen molar-refractivity contribution in [1.82, 2.24) is 0 Å². The smallest absolute Gasteiger partial charge is 0.139 e. The fraction of sp³-hybridized carbons (Fsp3) is 0.538. The number of methoxy groups -OCH3 is 2. The minimum Gasteiger partial charge on any atom is -0.495 e. The molecule has 1 unspecified atom stereocenters. The first kappa shape index (κ1) is 14.3. The molecule has 4 heteroatoms. The summed E-state index contributed by atoms with van der Waals surface area (Å²) in [5, 5.41) is 0. The van der Waals surface area contributed by atoms with Crippen molar-refractivity contribution in [2.24, 2.45) is 5.73 Å². The monoisotopic (exact) mass is 301 g/mol. The second-order valence-electron chi connectivity index (χ2n) is 3.98. The molecule has 0 aliphatic heterocycles. The molecule has 2 N–H and O–H groups in total. The van der Waals surface area contributed by atoms with Crippen LogP contribution in [0.2, 0.25) is 0 Å². The minimum absolute atomic E-state index is 0.251. The number of ether oxygens (including phenoxy) is 2. The quantitative estimate of drug-likeness (QED) is 0.878. The maximum absolute atomic E-state index is 5.93. The topological polar surface area (TPSA) is 44.5 Å². The van der Waals surface area contributed by atoms with E-state index in [1.165, 1.54) is 0 Å². The number of nitrogens with two attached hydrogens (primary N) is 1. The molecule has 0 bridgehead atoms. The molecule has 1 rings (SSSR count). The first-order valence-electron chi connectivity index (χ1n) is 5.78. The average Bonchev–Trinajstić information content (AvgIpc) is 2.35. The number of aryl methyl sites for hydroxylation is 1. The Morgan fingerprint density at radius 1 is 1.29 bits per heavy atom. The third-order valence-electron chi connectivity index (χ3n) is 2.88. The molecular weight excluding hydrogens is 282 g/mol. The van der Waals surface area contributed by atoms with Crippen LogP contribution in [0.15, 0.2) is 16.6 Å². The Morgan fingerprint density at radius 3 is 2.53 bits per heavy atom. The highest BCUT2D eigenvalue weighted by Gasteiger charge is 2.13. The molecule has 0 spiro atoms. The van der Waals surface area contributed by atoms with Crippen molar-refractivity contribution < 1.29 is 9.47 Å². The van der Waals surface area contributed by atoms with E-state index >= 15 is 0 Å². The summed E-state index contributed by atoms with van der Waals surface area (Å²) in [6.07, 6.45) is 2.88. The Balaban J connectivity index is 2.88. The number of hydrogen-bond donors (Lipinski definition) is 1. The van der Waals surface area contributed by atoms with Crippen LogP contribution in [0.4, 0.5) is 0 Å². The Hall–Kier alpha value is -0.740. The van der Waals surface area contributed by atoms with Crippen molar-refractivity contribution in [2.75, 3.05) is 14.2 Å². The fourth-order valence-electron chi connectivity index (χ4n) is 1.70. The predicted molar refractivity (Wildman–Crippen MR) is 73.8 cm³/mol. The van der Waals surface area contributed by atoms with Crippen LogP contribution in [0.3, 0.4) is 0 Å². The highest BCUT2D eigenvalue weighted by molar-refractivity contribution is 9.10. The van der Waals surface area contributed by atoms with Crippen LogP contribution in [0, 0.1) is 0 Å². The lowest BCUT2D eigenvalue weighted by Gasteiger charge is -2.14. The molecule has 0 radical (unpaired) electrons. The molecule has 0 heterocycles. The number of halogens is 1. The summed E-state index contributed by atoms with van der Waals surface area (Å²) in [7, 11) is 3.31. The Morgan fingerprint density at radius 2 is 2.00 bits per heavy atom. The summed E-state index contributed by atoms with van der Waals surface area (Å²) in [4.78, 5) is 0. The maximum Gasteiger partial charge on any atom is 0.139 e. The van der Waals surface area contributed by atoms with E-state index in [0.717, 1.165) is 40.8 Å². The van der Waals surface area contributed by atoms with Gasteiger partial charge in [-0.3, -0.25) is 0 Å². The van der Waals surface area contributed by atoms with Crippen molar-refractivity contribution in [1.29, 1.82) is 0 Å². The van der Waals surface area contributed by atoms with E-state index in [1.807, 2.05) is 12.1 Å². The third kappa shape index (κ3) is 3.61. The van der Waals surface area contributed by atoms with Gasteiger partial charge >= 0.3 is 0 Å². The van der Waals surface area contributed by atoms with Crippen molar-refractivity contribution >= 4 is 15.9 Å². The molecule has 0 fully saturated rings. The molecule has 0 saturated carbocycles. The van der Waals surface area contributed by atoms with Crippen LogP contribution >= 0.6 is 15.9 Å². The summed E-state index contributed by atoms with van der Waals surface area (Å²) >= 11 is 3.50. The van der Waals surface area contributed by atoms with Crippen molar-refractivity contribution in [3.8, 4) is 11.5 Å². The van der Waals surface area contributed by atoms with Gasteiger partial charge in [-0.2, -0.15) is 0 Å². The fourth-order valence-corrected chi connectivity index (χ4v) is 2.41. The van der Waals surface area contributed by atoms with Gasteiger partial charge in [-0.1, -0.05) is 13.0 Å². The summed E-state index contributed by atoms with van der Waals surface area (Å²) in [5.74, 6) is 1.62. The van der Waals surface area contributed by atoms with Crippen LogP contribution in [0.25, 0.3) is 0 Å². The van der Waals surface area contributed by atoms with Crippen molar-refractivity contribution in [2.45, 2.75) is 32.2 Å². The van der Waals surface area contributed by atoms with Gasteiger partial charge in [-0.15, -0.1) is 0 Å². The van der Waals surface area contributed by atoms with Gasteiger partial charge in [-0.25, -0.2) is 0 Å². The Labute approximate surface area is 111 Å². The van der Waals surface area contributed by atoms with Gasteiger partial charge in [0.1, 0.15) is 16.0 Å². The van der Waals surface area contributed by atoms with E-state index < -0.39 is 0 Å². The van der Waals surface area contributed by atoms with Crippen LogP contribution in [0.5, 0.6) is 11.5 Å². The van der Waals surface area contributed by atoms with E-state index in [0.29, 0.717) is 0 Å². The van der Waals surface area contributed by atoms with E-state index in [1.54, 1.807) is 14.2 Å². The van der Waals surface area contributed by atoms with Crippen molar-refractivity contribution in [3.63, 3.8) is 0 Å². The predicted octanol–water partition coefficient (Wildman–Crippen LogP) is 3.14. The van der Waals surface area contributed by atoms with Gasteiger partial charge in [0.15, 0.2) is 0 Å². The zero-order chi connectivity index (χ0) is 12.8. The number of rotatable bonds is 6. The Bertz CT molecular complexity index is 369. The molecule has 1 aromatic rings. The summed E-state index contributed by atoms with van der Waals surface area (Å²) in [6, 6.07) is 4.23. The standard InChI is InChI=1S/C13H20BrNO2/c1-4-10(15)7-5-9-6-8-11(16-2)12(14)13(9)17-3/h6,8,10H,4-5,7,15H2,1-3H3. The highest BCUT2D eigenvalue weighted by Crippen LogP contribution is 2.37. The normalized spacial score (nSPS) is 12.3. The molecule has 0 amide bonds. The summed E-state index contributed by atoms with van der Waals surface area (Å²) in [5.41, 5.74) is 7.09. The molecular formula is C13H20BrNO2. The molecule has 1 atom stereocenters. The van der Waals surface area contributed by atoms with Gasteiger partial charge in [0.2, 0.25) is 0 Å². The maximum atomic E-state index is 5.93. The third-order valence-corrected chi connectivity index (χ3v) is 3.63. The largest absolute Gasteiger partial charge is 0.495 e.